The van der Waals surface area contributed by atoms with Crippen molar-refractivity contribution in [3.05, 3.63) is 88.5 Å². The molecule has 0 aromatic heterocycles. The van der Waals surface area contributed by atoms with E-state index in [1.807, 2.05) is 18.2 Å². The first-order chi connectivity index (χ1) is 12.5. The van der Waals surface area contributed by atoms with Crippen LogP contribution in [0.5, 0.6) is 5.75 Å². The molecule has 0 fully saturated rings. The van der Waals surface area contributed by atoms with Crippen molar-refractivity contribution in [1.29, 1.82) is 0 Å². The Morgan fingerprint density at radius 2 is 1.54 bits per heavy atom. The Hall–Kier alpha value is -2.95. The summed E-state index contributed by atoms with van der Waals surface area (Å²) >= 11 is 0. The highest BCUT2D eigenvalue weighted by Crippen LogP contribution is 2.63. The number of hydrogen-bond acceptors (Lipinski definition) is 5. The van der Waals surface area contributed by atoms with Gasteiger partial charge >= 0.3 is 7.37 Å². The molecule has 3 aromatic rings. The predicted octanol–water partition coefficient (Wildman–Crippen LogP) is 4.25. The molecule has 6 nitrogen and oxygen atoms in total. The highest BCUT2D eigenvalue weighted by Gasteiger charge is 2.45. The number of para-hydroxylation sites is 2. The van der Waals surface area contributed by atoms with E-state index < -0.39 is 18.1 Å². The summed E-state index contributed by atoms with van der Waals surface area (Å²) in [5.41, 5.74) is 1.13. The molecule has 0 saturated heterocycles. The van der Waals surface area contributed by atoms with E-state index in [0.717, 1.165) is 5.56 Å². The molecule has 0 amide bonds. The number of rotatable bonds is 3. The summed E-state index contributed by atoms with van der Waals surface area (Å²) in [6.45, 7) is 0. The molecule has 0 aliphatic carbocycles. The Kier molecular flexibility index (Phi) is 3.87. The molecule has 3 aromatic carbocycles. The number of nitro benzene ring substituents is 1. The van der Waals surface area contributed by atoms with Gasteiger partial charge in [0.05, 0.1) is 15.8 Å². The van der Waals surface area contributed by atoms with Gasteiger partial charge in [0, 0.05) is 11.6 Å². The van der Waals surface area contributed by atoms with Gasteiger partial charge in [-0.3, -0.25) is 14.7 Å². The second-order valence-corrected chi connectivity index (χ2v) is 8.24. The van der Waals surface area contributed by atoms with Crippen molar-refractivity contribution in [3.8, 4) is 16.9 Å². The third kappa shape index (κ3) is 2.43. The van der Waals surface area contributed by atoms with Crippen LogP contribution < -0.4 is 9.83 Å². The largest absolute Gasteiger partial charge is 0.437 e. The molecule has 0 radical (unpaired) electrons. The molecule has 0 spiro atoms. The van der Waals surface area contributed by atoms with Crippen LogP contribution in [-0.4, -0.2) is 10.0 Å². The van der Waals surface area contributed by atoms with Gasteiger partial charge in [0.25, 0.3) is 5.69 Å². The van der Waals surface area contributed by atoms with Gasteiger partial charge in [-0.05, 0) is 23.8 Å². The van der Waals surface area contributed by atoms with Crippen LogP contribution in [0.25, 0.3) is 11.1 Å². The van der Waals surface area contributed by atoms with Crippen molar-refractivity contribution in [2.45, 2.75) is 5.85 Å². The van der Waals surface area contributed by atoms with Gasteiger partial charge in [-0.15, -0.1) is 0 Å². The summed E-state index contributed by atoms with van der Waals surface area (Å²) in [4.78, 5) is 10.7. The summed E-state index contributed by atoms with van der Waals surface area (Å²) in [6, 6.07) is 19.8. The van der Waals surface area contributed by atoms with Crippen LogP contribution in [0.1, 0.15) is 11.4 Å². The molecular weight excluding hydrogens is 353 g/mol. The average molecular weight is 367 g/mol. The lowest BCUT2D eigenvalue weighted by Gasteiger charge is -2.31. The zero-order valence-corrected chi connectivity index (χ0v) is 14.4. The van der Waals surface area contributed by atoms with Crippen LogP contribution in [-0.2, 0) is 4.57 Å². The van der Waals surface area contributed by atoms with Gasteiger partial charge in [-0.25, -0.2) is 0 Å². The topological polar surface area (TPSA) is 89.7 Å². The maximum absolute atomic E-state index is 13.8. The first kappa shape index (κ1) is 16.5. The van der Waals surface area contributed by atoms with E-state index in [4.69, 9.17) is 4.52 Å². The van der Waals surface area contributed by atoms with E-state index in [0.29, 0.717) is 16.6 Å². The molecule has 1 N–H and O–H groups in total. The number of nitro groups is 1. The van der Waals surface area contributed by atoms with Crippen molar-refractivity contribution >= 4 is 18.4 Å². The second-order valence-electron chi connectivity index (χ2n) is 5.89. The Labute approximate surface area is 149 Å². The lowest BCUT2D eigenvalue weighted by Crippen LogP contribution is -2.22. The van der Waals surface area contributed by atoms with Crippen molar-refractivity contribution in [2.24, 2.45) is 0 Å². The molecule has 0 bridgehead atoms. The molecule has 1 aliphatic heterocycles. The molecule has 2 atom stereocenters. The number of aliphatic hydroxyl groups excluding tert-OH is 1. The van der Waals surface area contributed by atoms with E-state index >= 15 is 0 Å². The van der Waals surface area contributed by atoms with E-state index in [9.17, 15) is 19.8 Å². The summed E-state index contributed by atoms with van der Waals surface area (Å²) < 4.78 is 19.6. The summed E-state index contributed by atoms with van der Waals surface area (Å²) in [6.07, 6.45) is 0. The third-order valence-corrected chi connectivity index (χ3v) is 6.84. The number of fused-ring (bicyclic) bond motifs is 3. The van der Waals surface area contributed by atoms with Gasteiger partial charge in [0.15, 0.2) is 5.85 Å². The number of hydrogen-bond donors (Lipinski definition) is 1. The highest BCUT2D eigenvalue weighted by atomic mass is 31.2. The maximum Gasteiger partial charge on any atom is 0.310 e. The normalized spacial score (nSPS) is 19.0. The fourth-order valence-corrected chi connectivity index (χ4v) is 5.50. The molecule has 7 heteroatoms. The molecule has 4 rings (SSSR count). The molecule has 1 heterocycles. The van der Waals surface area contributed by atoms with E-state index in [1.165, 1.54) is 18.2 Å². The molecule has 1 aliphatic rings. The fraction of sp³-hybridized carbons (Fsp3) is 0.0526. The van der Waals surface area contributed by atoms with Crippen LogP contribution in [0.15, 0.2) is 72.8 Å². The van der Waals surface area contributed by atoms with E-state index in [1.54, 1.807) is 36.4 Å². The minimum Gasteiger partial charge on any atom is -0.437 e. The SMILES string of the molecule is O=[N+]([O-])c1ccccc1C(O)P1(=O)Oc2ccccc2-c2ccccc21. The van der Waals surface area contributed by atoms with Gasteiger partial charge in [0.2, 0.25) is 0 Å². The van der Waals surface area contributed by atoms with Gasteiger partial charge in [0.1, 0.15) is 5.75 Å². The first-order valence-electron chi connectivity index (χ1n) is 7.92. The van der Waals surface area contributed by atoms with Crippen LogP contribution in [0.3, 0.4) is 0 Å². The average Bonchev–Trinajstić information content (AvgIpc) is 2.67. The second kappa shape index (κ2) is 6.09. The third-order valence-electron chi connectivity index (χ3n) is 4.38. The minimum atomic E-state index is -3.86. The summed E-state index contributed by atoms with van der Waals surface area (Å²) in [5, 5.41) is 22.6. The Morgan fingerprint density at radius 3 is 2.31 bits per heavy atom. The quantitative estimate of drug-likeness (QED) is 0.425. The predicted molar refractivity (Wildman–Crippen MR) is 97.8 cm³/mol. The lowest BCUT2D eigenvalue weighted by atomic mass is 10.0. The molecule has 2 unspecified atom stereocenters. The van der Waals surface area contributed by atoms with Crippen LogP contribution in [0.2, 0.25) is 0 Å². The smallest absolute Gasteiger partial charge is 0.310 e. The lowest BCUT2D eigenvalue weighted by molar-refractivity contribution is -0.385. The number of aliphatic hydroxyl groups is 1. The Balaban J connectivity index is 1.93. The highest BCUT2D eigenvalue weighted by molar-refractivity contribution is 7.68. The number of nitrogens with zero attached hydrogens (tertiary/aromatic N) is 1. The maximum atomic E-state index is 13.8. The standard InChI is InChI=1S/C19H14NO5P/c21-19(15-9-1-4-10-16(15)20(22)23)26(24)18-12-6-3-8-14(18)13-7-2-5-11-17(13)25-26/h1-12,19,21H. The van der Waals surface area contributed by atoms with Gasteiger partial charge in [-0.1, -0.05) is 48.5 Å². The van der Waals surface area contributed by atoms with Crippen molar-refractivity contribution in [3.63, 3.8) is 0 Å². The zero-order chi connectivity index (χ0) is 18.3. The van der Waals surface area contributed by atoms with Crippen molar-refractivity contribution in [2.75, 3.05) is 0 Å². The van der Waals surface area contributed by atoms with Gasteiger partial charge in [-0.2, -0.15) is 0 Å². The van der Waals surface area contributed by atoms with Crippen LogP contribution in [0, 0.1) is 10.1 Å². The Bertz CT molecular complexity index is 1070. The minimum absolute atomic E-state index is 0.0324. The molecule has 26 heavy (non-hydrogen) atoms. The zero-order valence-electron chi connectivity index (χ0n) is 13.5. The van der Waals surface area contributed by atoms with E-state index in [-0.39, 0.29) is 11.3 Å². The summed E-state index contributed by atoms with van der Waals surface area (Å²) in [5.74, 6) is -1.27. The summed E-state index contributed by atoms with van der Waals surface area (Å²) in [7, 11) is -3.86. The van der Waals surface area contributed by atoms with Crippen LogP contribution in [0.4, 0.5) is 5.69 Å². The Morgan fingerprint density at radius 1 is 0.923 bits per heavy atom. The fourth-order valence-electron chi connectivity index (χ4n) is 3.17. The monoisotopic (exact) mass is 367 g/mol. The molecule has 0 saturated carbocycles. The van der Waals surface area contributed by atoms with Gasteiger partial charge < -0.3 is 9.63 Å². The van der Waals surface area contributed by atoms with Crippen molar-refractivity contribution < 1.29 is 19.1 Å². The number of benzene rings is 3. The van der Waals surface area contributed by atoms with Crippen molar-refractivity contribution in [1.82, 2.24) is 0 Å². The molecule has 130 valence electrons. The van der Waals surface area contributed by atoms with E-state index in [2.05, 4.69) is 0 Å². The first-order valence-corrected chi connectivity index (χ1v) is 9.61. The van der Waals surface area contributed by atoms with Crippen LogP contribution >= 0.6 is 7.37 Å². The molecular formula is C19H14NO5P.